The molecule has 1 aromatic carbocycles. The second kappa shape index (κ2) is 13.2. The normalized spacial score (nSPS) is 16.1. The van der Waals surface area contributed by atoms with Crippen molar-refractivity contribution in [2.45, 2.75) is 65.0 Å². The summed E-state index contributed by atoms with van der Waals surface area (Å²) >= 11 is 0. The number of methoxy groups -OCH3 is 1. The number of nitrogens with one attached hydrogen (secondary N) is 2. The standard InChI is InChI=1S/C25H39N5O2.HI/c1-6-26-24(29-18-23-27-17-22(32-23)25(2,3)4)28-16-20(30-14-10-7-11-15-30)19-12-8-9-13-21(19)31-5;/h8-9,12-13,17,20H,6-7,10-11,14-16,18H2,1-5H3,(H2,26,28,29);1H. The third kappa shape index (κ3) is 7.88. The largest absolute Gasteiger partial charge is 0.496 e. The number of oxazole rings is 1. The van der Waals surface area contributed by atoms with Crippen molar-refractivity contribution in [1.29, 1.82) is 0 Å². The van der Waals surface area contributed by atoms with Crippen LogP contribution >= 0.6 is 24.0 Å². The Balaban J connectivity index is 0.00000385. The molecule has 2 heterocycles. The first kappa shape index (κ1) is 27.4. The highest BCUT2D eigenvalue weighted by Crippen LogP contribution is 2.31. The first-order valence-corrected chi connectivity index (χ1v) is 11.8. The van der Waals surface area contributed by atoms with E-state index < -0.39 is 0 Å². The lowest BCUT2D eigenvalue weighted by Gasteiger charge is -2.35. The van der Waals surface area contributed by atoms with Crippen molar-refractivity contribution in [3.63, 3.8) is 0 Å². The number of halogens is 1. The molecule has 1 saturated heterocycles. The molecular formula is C25H40IN5O2. The minimum absolute atomic E-state index is 0. The number of ether oxygens (including phenoxy) is 1. The summed E-state index contributed by atoms with van der Waals surface area (Å²) < 4.78 is 11.6. The van der Waals surface area contributed by atoms with E-state index in [1.54, 1.807) is 13.3 Å². The van der Waals surface area contributed by atoms with E-state index in [0.717, 1.165) is 43.6 Å². The van der Waals surface area contributed by atoms with Crippen molar-refractivity contribution in [3.05, 3.63) is 47.7 Å². The fourth-order valence-corrected chi connectivity index (χ4v) is 4.02. The van der Waals surface area contributed by atoms with E-state index >= 15 is 0 Å². The average Bonchev–Trinajstić information content (AvgIpc) is 3.28. The summed E-state index contributed by atoms with van der Waals surface area (Å²) in [6.45, 7) is 12.5. The Hall–Kier alpha value is -1.81. The Morgan fingerprint density at radius 2 is 1.91 bits per heavy atom. The number of para-hydroxylation sites is 1. The van der Waals surface area contributed by atoms with Crippen molar-refractivity contribution in [2.24, 2.45) is 4.99 Å². The lowest BCUT2D eigenvalue weighted by atomic mass is 9.94. The maximum Gasteiger partial charge on any atom is 0.216 e. The Bertz CT molecular complexity index is 872. The Morgan fingerprint density at radius 1 is 1.18 bits per heavy atom. The van der Waals surface area contributed by atoms with Crippen LogP contribution in [0, 0.1) is 0 Å². The Kier molecular flexibility index (Phi) is 11.0. The van der Waals surface area contributed by atoms with Crippen LogP contribution in [0.15, 0.2) is 39.9 Å². The fraction of sp³-hybridized carbons (Fsp3) is 0.600. The SMILES string of the molecule is CCNC(=NCc1ncc(C(C)(C)C)o1)NCC(c1ccccc1OC)N1CCCCC1.I. The van der Waals surface area contributed by atoms with Crippen LogP contribution in [0.3, 0.4) is 0 Å². The quantitative estimate of drug-likeness (QED) is 0.268. The van der Waals surface area contributed by atoms with Gasteiger partial charge in [0, 0.05) is 24.1 Å². The van der Waals surface area contributed by atoms with Gasteiger partial charge in [-0.15, -0.1) is 24.0 Å². The van der Waals surface area contributed by atoms with Crippen LogP contribution in [-0.4, -0.2) is 49.1 Å². The van der Waals surface area contributed by atoms with Crippen molar-refractivity contribution >= 4 is 29.9 Å². The number of hydrogen-bond donors (Lipinski definition) is 2. The molecule has 1 aliphatic rings. The summed E-state index contributed by atoms with van der Waals surface area (Å²) in [5, 5.41) is 6.90. The van der Waals surface area contributed by atoms with E-state index in [1.807, 2.05) is 12.1 Å². The van der Waals surface area contributed by atoms with Gasteiger partial charge < -0.3 is 19.8 Å². The number of hydrogen-bond acceptors (Lipinski definition) is 5. The molecule has 0 saturated carbocycles. The number of guanidine groups is 1. The third-order valence-corrected chi connectivity index (χ3v) is 5.80. The van der Waals surface area contributed by atoms with Gasteiger partial charge in [0.25, 0.3) is 0 Å². The zero-order valence-corrected chi connectivity index (χ0v) is 23.0. The molecule has 8 heteroatoms. The van der Waals surface area contributed by atoms with Gasteiger partial charge in [-0.25, -0.2) is 9.98 Å². The minimum atomic E-state index is -0.0614. The van der Waals surface area contributed by atoms with Gasteiger partial charge in [-0.3, -0.25) is 4.90 Å². The van der Waals surface area contributed by atoms with Crippen molar-refractivity contribution in [3.8, 4) is 5.75 Å². The lowest BCUT2D eigenvalue weighted by Crippen LogP contribution is -2.44. The topological polar surface area (TPSA) is 74.9 Å². The van der Waals surface area contributed by atoms with E-state index in [1.165, 1.54) is 24.8 Å². The zero-order valence-electron chi connectivity index (χ0n) is 20.7. The summed E-state index contributed by atoms with van der Waals surface area (Å²) in [6, 6.07) is 8.54. The number of piperidine rings is 1. The molecule has 33 heavy (non-hydrogen) atoms. The molecule has 1 aliphatic heterocycles. The lowest BCUT2D eigenvalue weighted by molar-refractivity contribution is 0.161. The molecule has 184 valence electrons. The molecule has 0 bridgehead atoms. The van der Waals surface area contributed by atoms with Crippen LogP contribution in [0.2, 0.25) is 0 Å². The molecule has 0 spiro atoms. The molecule has 7 nitrogen and oxygen atoms in total. The Morgan fingerprint density at radius 3 is 2.55 bits per heavy atom. The van der Waals surface area contributed by atoms with Gasteiger partial charge >= 0.3 is 0 Å². The molecule has 1 unspecified atom stereocenters. The number of benzene rings is 1. The highest BCUT2D eigenvalue weighted by molar-refractivity contribution is 14.0. The van der Waals surface area contributed by atoms with Crippen LogP contribution in [0.1, 0.15) is 70.2 Å². The van der Waals surface area contributed by atoms with Crippen molar-refractivity contribution < 1.29 is 9.15 Å². The van der Waals surface area contributed by atoms with Gasteiger partial charge in [0.15, 0.2) is 5.96 Å². The summed E-state index contributed by atoms with van der Waals surface area (Å²) in [6.07, 6.45) is 5.58. The number of nitrogens with zero attached hydrogens (tertiary/aromatic N) is 3. The van der Waals surface area contributed by atoms with Crippen LogP contribution in [-0.2, 0) is 12.0 Å². The van der Waals surface area contributed by atoms with Crippen LogP contribution in [0.25, 0.3) is 0 Å². The number of rotatable bonds is 8. The molecule has 0 radical (unpaired) electrons. The van der Waals surface area contributed by atoms with Gasteiger partial charge in [0.2, 0.25) is 5.89 Å². The zero-order chi connectivity index (χ0) is 23.0. The van der Waals surface area contributed by atoms with Crippen LogP contribution < -0.4 is 15.4 Å². The molecular weight excluding hydrogens is 529 g/mol. The minimum Gasteiger partial charge on any atom is -0.496 e. The molecule has 0 aliphatic carbocycles. The highest BCUT2D eigenvalue weighted by Gasteiger charge is 2.25. The smallest absolute Gasteiger partial charge is 0.216 e. The van der Waals surface area contributed by atoms with Gasteiger partial charge in [-0.2, -0.15) is 0 Å². The molecule has 1 fully saturated rings. The number of aliphatic imine (C=N–C) groups is 1. The molecule has 2 aromatic rings. The van der Waals surface area contributed by atoms with Gasteiger partial charge in [0.1, 0.15) is 18.1 Å². The van der Waals surface area contributed by atoms with E-state index in [4.69, 9.17) is 14.1 Å². The predicted molar refractivity (Wildman–Crippen MR) is 145 cm³/mol. The first-order chi connectivity index (χ1) is 15.4. The summed E-state index contributed by atoms with van der Waals surface area (Å²) in [5.74, 6) is 3.20. The van der Waals surface area contributed by atoms with Gasteiger partial charge in [-0.05, 0) is 38.9 Å². The third-order valence-electron chi connectivity index (χ3n) is 5.80. The second-order valence-electron chi connectivity index (χ2n) is 9.30. The molecule has 0 amide bonds. The number of aromatic nitrogens is 1. The molecule has 3 rings (SSSR count). The van der Waals surface area contributed by atoms with Crippen molar-refractivity contribution in [2.75, 3.05) is 33.3 Å². The number of likely N-dealkylation sites (tertiary alicyclic amines) is 1. The second-order valence-corrected chi connectivity index (χ2v) is 9.30. The molecule has 2 N–H and O–H groups in total. The maximum atomic E-state index is 5.90. The van der Waals surface area contributed by atoms with Crippen molar-refractivity contribution in [1.82, 2.24) is 20.5 Å². The average molecular weight is 570 g/mol. The maximum absolute atomic E-state index is 5.90. The van der Waals surface area contributed by atoms with Crippen LogP contribution in [0.4, 0.5) is 0 Å². The summed E-state index contributed by atoms with van der Waals surface area (Å²) in [4.78, 5) is 11.7. The predicted octanol–water partition coefficient (Wildman–Crippen LogP) is 4.88. The van der Waals surface area contributed by atoms with Gasteiger partial charge in [-0.1, -0.05) is 45.4 Å². The molecule has 1 aromatic heterocycles. The van der Waals surface area contributed by atoms with Gasteiger partial charge in [0.05, 0.1) is 19.3 Å². The Labute approximate surface area is 215 Å². The van der Waals surface area contributed by atoms with Crippen LogP contribution in [0.5, 0.6) is 5.75 Å². The van der Waals surface area contributed by atoms with E-state index in [9.17, 15) is 0 Å². The summed E-state index contributed by atoms with van der Waals surface area (Å²) in [5.41, 5.74) is 1.15. The first-order valence-electron chi connectivity index (χ1n) is 11.8. The summed E-state index contributed by atoms with van der Waals surface area (Å²) in [7, 11) is 1.74. The van der Waals surface area contributed by atoms with E-state index in [-0.39, 0.29) is 35.4 Å². The van der Waals surface area contributed by atoms with E-state index in [2.05, 4.69) is 60.3 Å². The fourth-order valence-electron chi connectivity index (χ4n) is 4.02. The van der Waals surface area contributed by atoms with E-state index in [0.29, 0.717) is 12.4 Å². The molecule has 1 atom stereocenters. The highest BCUT2D eigenvalue weighted by atomic mass is 127. The monoisotopic (exact) mass is 569 g/mol.